The zero-order valence-corrected chi connectivity index (χ0v) is 12.3. The Hall–Kier alpha value is -2.91. The summed E-state index contributed by atoms with van der Waals surface area (Å²) in [4.78, 5) is 11.8. The van der Waals surface area contributed by atoms with Crippen molar-refractivity contribution in [3.8, 4) is 6.07 Å². The highest BCUT2D eigenvalue weighted by Crippen LogP contribution is 2.13. The number of hydrogen-bond acceptors (Lipinski definition) is 3. The van der Waals surface area contributed by atoms with Crippen molar-refractivity contribution in [3.05, 3.63) is 65.5 Å². The first-order chi connectivity index (χ1) is 11.1. The molecule has 0 heterocycles. The van der Waals surface area contributed by atoms with Crippen LogP contribution in [0.1, 0.15) is 17.2 Å². The Balaban J connectivity index is 1.82. The number of halogens is 1. The molecule has 1 atom stereocenters. The van der Waals surface area contributed by atoms with E-state index in [4.69, 9.17) is 5.26 Å². The molecule has 5 nitrogen and oxygen atoms in total. The van der Waals surface area contributed by atoms with Gasteiger partial charge in [0.05, 0.1) is 18.6 Å². The Bertz CT molecular complexity index is 693. The summed E-state index contributed by atoms with van der Waals surface area (Å²) < 4.78 is 12.8. The summed E-state index contributed by atoms with van der Waals surface area (Å²) in [5.41, 5.74) is 1.97. The van der Waals surface area contributed by atoms with Crippen molar-refractivity contribution in [2.24, 2.45) is 0 Å². The molecule has 0 radical (unpaired) electrons. The lowest BCUT2D eigenvalue weighted by Crippen LogP contribution is -2.32. The summed E-state index contributed by atoms with van der Waals surface area (Å²) in [6.45, 7) is 0.00395. The molecule has 0 saturated carbocycles. The average molecular weight is 313 g/mol. The van der Waals surface area contributed by atoms with Crippen LogP contribution in [0.4, 0.5) is 14.9 Å². The van der Waals surface area contributed by atoms with Crippen molar-refractivity contribution < 1.29 is 14.3 Å². The molecule has 0 spiro atoms. The molecule has 0 aromatic heterocycles. The first-order valence-electron chi connectivity index (χ1n) is 7.03. The number of benzene rings is 2. The summed E-state index contributed by atoms with van der Waals surface area (Å²) in [7, 11) is 0. The van der Waals surface area contributed by atoms with Crippen molar-refractivity contribution >= 4 is 11.7 Å². The highest BCUT2D eigenvalue weighted by Gasteiger charge is 2.09. The van der Waals surface area contributed by atoms with E-state index in [9.17, 15) is 14.3 Å². The highest BCUT2D eigenvalue weighted by atomic mass is 19.1. The largest absolute Gasteiger partial charge is 0.387 e. The number of aliphatic hydroxyl groups is 1. The number of nitriles is 1. The van der Waals surface area contributed by atoms with Gasteiger partial charge in [0.2, 0.25) is 0 Å². The molecule has 2 rings (SSSR count). The average Bonchev–Trinajstić information content (AvgIpc) is 2.55. The fraction of sp³-hybridized carbons (Fsp3) is 0.176. The number of rotatable bonds is 5. The summed E-state index contributed by atoms with van der Waals surface area (Å²) in [5, 5.41) is 23.7. The van der Waals surface area contributed by atoms with Crippen molar-refractivity contribution in [2.45, 2.75) is 12.5 Å². The minimum Gasteiger partial charge on any atom is -0.387 e. The topological polar surface area (TPSA) is 85.2 Å². The lowest BCUT2D eigenvalue weighted by molar-refractivity contribution is 0.175. The van der Waals surface area contributed by atoms with E-state index in [1.807, 2.05) is 6.07 Å². The molecular formula is C17H16FN3O2. The van der Waals surface area contributed by atoms with Gasteiger partial charge in [-0.1, -0.05) is 24.3 Å². The molecule has 6 heteroatoms. The van der Waals surface area contributed by atoms with Gasteiger partial charge in [0.25, 0.3) is 0 Å². The second-order valence-electron chi connectivity index (χ2n) is 4.93. The van der Waals surface area contributed by atoms with Crippen LogP contribution < -0.4 is 10.6 Å². The van der Waals surface area contributed by atoms with Crippen molar-refractivity contribution in [3.63, 3.8) is 0 Å². The predicted octanol–water partition coefficient (Wildman–Crippen LogP) is 2.75. The van der Waals surface area contributed by atoms with Gasteiger partial charge in [-0.15, -0.1) is 0 Å². The Morgan fingerprint density at radius 1 is 1.17 bits per heavy atom. The van der Waals surface area contributed by atoms with Gasteiger partial charge in [0.1, 0.15) is 5.82 Å². The molecule has 2 aromatic rings. The van der Waals surface area contributed by atoms with Crippen LogP contribution in [-0.2, 0) is 6.42 Å². The van der Waals surface area contributed by atoms with Gasteiger partial charge in [-0.05, 0) is 35.4 Å². The number of aliphatic hydroxyl groups excluding tert-OH is 1. The smallest absolute Gasteiger partial charge is 0.319 e. The molecule has 2 aromatic carbocycles. The highest BCUT2D eigenvalue weighted by molar-refractivity contribution is 5.89. The second-order valence-corrected chi connectivity index (χ2v) is 4.93. The fourth-order valence-corrected chi connectivity index (χ4v) is 1.96. The Morgan fingerprint density at radius 2 is 1.83 bits per heavy atom. The number of nitrogens with one attached hydrogen (secondary N) is 2. The number of nitrogens with zero attached hydrogens (tertiary/aromatic N) is 1. The van der Waals surface area contributed by atoms with E-state index in [1.54, 1.807) is 24.3 Å². The van der Waals surface area contributed by atoms with Crippen molar-refractivity contribution in [1.29, 1.82) is 5.26 Å². The zero-order valence-electron chi connectivity index (χ0n) is 12.3. The molecule has 118 valence electrons. The standard InChI is InChI=1S/C17H16FN3O2/c18-14-5-3-13(4-6-14)16(22)11-20-17(23)21-15-7-1-12(2-8-15)9-10-19/h1-8,16,22H,9,11H2,(H2,20,21,23). The third-order valence-electron chi connectivity index (χ3n) is 3.21. The Kier molecular flexibility index (Phi) is 5.67. The Labute approximate surface area is 133 Å². The predicted molar refractivity (Wildman–Crippen MR) is 84.1 cm³/mol. The van der Waals surface area contributed by atoms with E-state index >= 15 is 0 Å². The van der Waals surface area contributed by atoms with Crippen LogP contribution in [0.5, 0.6) is 0 Å². The van der Waals surface area contributed by atoms with Crippen LogP contribution in [0.3, 0.4) is 0 Å². The number of carbonyl (C=O) groups is 1. The number of amides is 2. The zero-order chi connectivity index (χ0) is 16.7. The van der Waals surface area contributed by atoms with E-state index in [1.165, 1.54) is 24.3 Å². The third kappa shape index (κ3) is 5.09. The molecule has 0 fully saturated rings. The quantitative estimate of drug-likeness (QED) is 0.793. The summed E-state index contributed by atoms with van der Waals surface area (Å²) in [6, 6.07) is 13.9. The monoisotopic (exact) mass is 313 g/mol. The van der Waals surface area contributed by atoms with Gasteiger partial charge in [0, 0.05) is 12.2 Å². The maximum atomic E-state index is 12.8. The Morgan fingerprint density at radius 3 is 2.43 bits per heavy atom. The maximum absolute atomic E-state index is 12.8. The van der Waals surface area contributed by atoms with Gasteiger partial charge in [0.15, 0.2) is 0 Å². The molecule has 1 unspecified atom stereocenters. The van der Waals surface area contributed by atoms with E-state index < -0.39 is 12.1 Å². The first-order valence-corrected chi connectivity index (χ1v) is 7.03. The molecule has 0 bridgehead atoms. The second kappa shape index (κ2) is 7.92. The van der Waals surface area contributed by atoms with Crippen LogP contribution in [0.15, 0.2) is 48.5 Å². The van der Waals surface area contributed by atoms with Gasteiger partial charge < -0.3 is 15.7 Å². The number of hydrogen-bond donors (Lipinski definition) is 3. The minimum atomic E-state index is -0.917. The van der Waals surface area contributed by atoms with Gasteiger partial charge in [-0.25, -0.2) is 9.18 Å². The number of carbonyl (C=O) groups excluding carboxylic acids is 1. The SMILES string of the molecule is N#CCc1ccc(NC(=O)NCC(O)c2ccc(F)cc2)cc1. The summed E-state index contributed by atoms with van der Waals surface area (Å²) >= 11 is 0. The molecule has 0 saturated heterocycles. The van der Waals surface area contributed by atoms with E-state index in [2.05, 4.69) is 10.6 Å². The van der Waals surface area contributed by atoms with Gasteiger partial charge in [-0.3, -0.25) is 0 Å². The van der Waals surface area contributed by atoms with Crippen molar-refractivity contribution in [2.75, 3.05) is 11.9 Å². The van der Waals surface area contributed by atoms with E-state index in [-0.39, 0.29) is 12.4 Å². The van der Waals surface area contributed by atoms with Gasteiger partial charge >= 0.3 is 6.03 Å². The normalized spacial score (nSPS) is 11.3. The third-order valence-corrected chi connectivity index (χ3v) is 3.21. The maximum Gasteiger partial charge on any atom is 0.319 e. The number of urea groups is 1. The minimum absolute atomic E-state index is 0.00395. The molecule has 23 heavy (non-hydrogen) atoms. The van der Waals surface area contributed by atoms with E-state index in [0.29, 0.717) is 17.7 Å². The fourth-order valence-electron chi connectivity index (χ4n) is 1.96. The van der Waals surface area contributed by atoms with E-state index in [0.717, 1.165) is 5.56 Å². The van der Waals surface area contributed by atoms with Gasteiger partial charge in [-0.2, -0.15) is 5.26 Å². The van der Waals surface area contributed by atoms with Crippen LogP contribution in [0.25, 0.3) is 0 Å². The van der Waals surface area contributed by atoms with Crippen LogP contribution in [-0.4, -0.2) is 17.7 Å². The molecule has 0 aliphatic heterocycles. The van der Waals surface area contributed by atoms with Crippen LogP contribution in [0.2, 0.25) is 0 Å². The lowest BCUT2D eigenvalue weighted by atomic mass is 10.1. The number of anilines is 1. The molecule has 0 aliphatic carbocycles. The summed E-state index contributed by atoms with van der Waals surface area (Å²) in [5.74, 6) is -0.383. The summed E-state index contributed by atoms with van der Waals surface area (Å²) in [6.07, 6.45) is -0.601. The van der Waals surface area contributed by atoms with Crippen LogP contribution in [0, 0.1) is 17.1 Å². The van der Waals surface area contributed by atoms with Crippen molar-refractivity contribution in [1.82, 2.24) is 5.32 Å². The molecule has 3 N–H and O–H groups in total. The first kappa shape index (κ1) is 16.5. The molecule has 0 aliphatic rings. The van der Waals surface area contributed by atoms with Crippen LogP contribution >= 0.6 is 0 Å². The molecular weight excluding hydrogens is 297 g/mol. The lowest BCUT2D eigenvalue weighted by Gasteiger charge is -2.13. The molecule has 2 amide bonds.